The van der Waals surface area contributed by atoms with E-state index in [9.17, 15) is 5.11 Å². The van der Waals surface area contributed by atoms with Crippen molar-refractivity contribution < 1.29 is 5.11 Å². The van der Waals surface area contributed by atoms with Gasteiger partial charge in [0.1, 0.15) is 5.75 Å². The SMILES string of the molecule is Cc1cc(O)c([C@H](N)C(C)C)cc1C. The summed E-state index contributed by atoms with van der Waals surface area (Å²) in [5, 5.41) is 9.76. The number of rotatable bonds is 2. The van der Waals surface area contributed by atoms with Crippen molar-refractivity contribution >= 4 is 0 Å². The standard InChI is InChI=1S/C12H19NO/c1-7(2)12(13)10-5-8(3)9(4)6-11(10)14/h5-7,12,14H,13H2,1-4H3/t12-/m1/s1. The first kappa shape index (κ1) is 11.1. The van der Waals surface area contributed by atoms with Crippen molar-refractivity contribution in [2.45, 2.75) is 33.7 Å². The van der Waals surface area contributed by atoms with E-state index >= 15 is 0 Å². The fourth-order valence-electron chi connectivity index (χ4n) is 1.45. The van der Waals surface area contributed by atoms with Crippen LogP contribution in [-0.4, -0.2) is 5.11 Å². The summed E-state index contributed by atoms with van der Waals surface area (Å²) in [6, 6.07) is 3.68. The molecule has 0 fully saturated rings. The van der Waals surface area contributed by atoms with E-state index < -0.39 is 0 Å². The van der Waals surface area contributed by atoms with Crippen LogP contribution < -0.4 is 5.73 Å². The summed E-state index contributed by atoms with van der Waals surface area (Å²) < 4.78 is 0. The number of benzene rings is 1. The van der Waals surface area contributed by atoms with Crippen LogP contribution in [0.25, 0.3) is 0 Å². The van der Waals surface area contributed by atoms with Gasteiger partial charge in [-0.05, 0) is 37.0 Å². The zero-order valence-corrected chi connectivity index (χ0v) is 9.33. The number of hydrogen-bond acceptors (Lipinski definition) is 2. The van der Waals surface area contributed by atoms with Gasteiger partial charge in [-0.3, -0.25) is 0 Å². The second-order valence-corrected chi connectivity index (χ2v) is 4.27. The number of nitrogens with two attached hydrogens (primary N) is 1. The van der Waals surface area contributed by atoms with E-state index in [4.69, 9.17) is 5.73 Å². The van der Waals surface area contributed by atoms with Gasteiger partial charge in [0.2, 0.25) is 0 Å². The molecule has 3 N–H and O–H groups in total. The molecule has 0 saturated heterocycles. The molecule has 14 heavy (non-hydrogen) atoms. The Morgan fingerprint density at radius 1 is 1.14 bits per heavy atom. The Hall–Kier alpha value is -1.02. The van der Waals surface area contributed by atoms with Crippen LogP contribution in [0.4, 0.5) is 0 Å². The molecule has 0 bridgehead atoms. The van der Waals surface area contributed by atoms with Crippen molar-refractivity contribution in [3.63, 3.8) is 0 Å². The van der Waals surface area contributed by atoms with Crippen LogP contribution in [0.1, 0.15) is 36.6 Å². The normalized spacial score (nSPS) is 13.3. The average molecular weight is 193 g/mol. The van der Waals surface area contributed by atoms with Crippen molar-refractivity contribution in [3.05, 3.63) is 28.8 Å². The van der Waals surface area contributed by atoms with E-state index in [0.717, 1.165) is 11.1 Å². The van der Waals surface area contributed by atoms with Crippen LogP contribution in [0.2, 0.25) is 0 Å². The number of phenols is 1. The second kappa shape index (κ2) is 4.01. The lowest BCUT2D eigenvalue weighted by Crippen LogP contribution is -2.17. The van der Waals surface area contributed by atoms with Crippen molar-refractivity contribution in [3.8, 4) is 5.75 Å². The van der Waals surface area contributed by atoms with Gasteiger partial charge < -0.3 is 10.8 Å². The Kier molecular flexibility index (Phi) is 3.17. The highest BCUT2D eigenvalue weighted by atomic mass is 16.3. The Morgan fingerprint density at radius 3 is 2.14 bits per heavy atom. The predicted octanol–water partition coefficient (Wildman–Crippen LogP) is 2.66. The molecule has 78 valence electrons. The molecule has 0 spiro atoms. The van der Waals surface area contributed by atoms with Gasteiger partial charge in [0.25, 0.3) is 0 Å². The van der Waals surface area contributed by atoms with Gasteiger partial charge in [-0.1, -0.05) is 19.9 Å². The summed E-state index contributed by atoms with van der Waals surface area (Å²) in [4.78, 5) is 0. The number of phenolic OH excluding ortho intramolecular Hbond substituents is 1. The summed E-state index contributed by atoms with van der Waals surface area (Å²) >= 11 is 0. The highest BCUT2D eigenvalue weighted by Crippen LogP contribution is 2.29. The van der Waals surface area contributed by atoms with Gasteiger partial charge in [0, 0.05) is 11.6 Å². The zero-order chi connectivity index (χ0) is 10.9. The summed E-state index contributed by atoms with van der Waals surface area (Å²) in [6.45, 7) is 8.13. The Labute approximate surface area is 85.8 Å². The van der Waals surface area contributed by atoms with Gasteiger partial charge in [0.15, 0.2) is 0 Å². The lowest BCUT2D eigenvalue weighted by molar-refractivity contribution is 0.439. The molecule has 1 aromatic rings. The van der Waals surface area contributed by atoms with Crippen molar-refractivity contribution in [2.75, 3.05) is 0 Å². The molecule has 0 aromatic heterocycles. The highest BCUT2D eigenvalue weighted by Gasteiger charge is 2.15. The first-order valence-electron chi connectivity index (χ1n) is 4.99. The van der Waals surface area contributed by atoms with Gasteiger partial charge >= 0.3 is 0 Å². The average Bonchev–Trinajstić information content (AvgIpc) is 2.10. The molecule has 0 aliphatic carbocycles. The maximum absolute atomic E-state index is 9.76. The molecule has 1 rings (SSSR count). The van der Waals surface area contributed by atoms with Crippen molar-refractivity contribution in [2.24, 2.45) is 11.7 Å². The molecule has 1 atom stereocenters. The van der Waals surface area contributed by atoms with E-state index in [1.807, 2.05) is 19.9 Å². The van der Waals surface area contributed by atoms with Crippen LogP contribution in [0, 0.1) is 19.8 Å². The fraction of sp³-hybridized carbons (Fsp3) is 0.500. The molecular weight excluding hydrogens is 174 g/mol. The third-order valence-electron chi connectivity index (χ3n) is 2.72. The highest BCUT2D eigenvalue weighted by molar-refractivity contribution is 5.42. The molecule has 0 heterocycles. The summed E-state index contributed by atoms with van der Waals surface area (Å²) in [7, 11) is 0. The van der Waals surface area contributed by atoms with E-state index in [1.54, 1.807) is 6.07 Å². The minimum Gasteiger partial charge on any atom is -0.508 e. The molecule has 0 radical (unpaired) electrons. The largest absolute Gasteiger partial charge is 0.508 e. The Morgan fingerprint density at radius 2 is 1.64 bits per heavy atom. The number of hydrogen-bond donors (Lipinski definition) is 2. The lowest BCUT2D eigenvalue weighted by Gasteiger charge is -2.18. The summed E-state index contributed by atoms with van der Waals surface area (Å²) in [5.41, 5.74) is 9.12. The van der Waals surface area contributed by atoms with E-state index in [0.29, 0.717) is 11.7 Å². The van der Waals surface area contributed by atoms with Crippen LogP contribution in [0.3, 0.4) is 0 Å². The lowest BCUT2D eigenvalue weighted by atomic mass is 9.93. The topological polar surface area (TPSA) is 46.2 Å². The monoisotopic (exact) mass is 193 g/mol. The molecule has 0 unspecified atom stereocenters. The van der Waals surface area contributed by atoms with E-state index in [1.165, 1.54) is 5.56 Å². The van der Waals surface area contributed by atoms with E-state index in [2.05, 4.69) is 13.8 Å². The van der Waals surface area contributed by atoms with E-state index in [-0.39, 0.29) is 6.04 Å². The quantitative estimate of drug-likeness (QED) is 0.758. The van der Waals surface area contributed by atoms with Crippen LogP contribution in [-0.2, 0) is 0 Å². The second-order valence-electron chi connectivity index (χ2n) is 4.27. The molecule has 2 heteroatoms. The van der Waals surface area contributed by atoms with Crippen LogP contribution in [0.5, 0.6) is 5.75 Å². The first-order valence-corrected chi connectivity index (χ1v) is 4.99. The smallest absolute Gasteiger partial charge is 0.120 e. The Bertz CT molecular complexity index is 331. The van der Waals surface area contributed by atoms with Gasteiger partial charge in [-0.25, -0.2) is 0 Å². The third kappa shape index (κ3) is 2.07. The van der Waals surface area contributed by atoms with Crippen molar-refractivity contribution in [1.29, 1.82) is 0 Å². The maximum atomic E-state index is 9.76. The molecule has 0 saturated carbocycles. The zero-order valence-electron chi connectivity index (χ0n) is 9.33. The Balaban J connectivity index is 3.15. The minimum absolute atomic E-state index is 0.0886. The summed E-state index contributed by atoms with van der Waals surface area (Å²) in [6.07, 6.45) is 0. The fourth-order valence-corrected chi connectivity index (χ4v) is 1.45. The van der Waals surface area contributed by atoms with Crippen molar-refractivity contribution in [1.82, 2.24) is 0 Å². The van der Waals surface area contributed by atoms with Crippen LogP contribution in [0.15, 0.2) is 12.1 Å². The maximum Gasteiger partial charge on any atom is 0.120 e. The first-order chi connectivity index (χ1) is 6.43. The predicted molar refractivity (Wildman–Crippen MR) is 59.3 cm³/mol. The molecule has 0 aliphatic heterocycles. The number of aryl methyl sites for hydroxylation is 2. The minimum atomic E-state index is -0.0886. The molecule has 1 aromatic carbocycles. The van der Waals surface area contributed by atoms with Crippen LogP contribution >= 0.6 is 0 Å². The van der Waals surface area contributed by atoms with Gasteiger partial charge in [-0.2, -0.15) is 0 Å². The molecule has 0 amide bonds. The summed E-state index contributed by atoms with van der Waals surface area (Å²) in [5.74, 6) is 0.650. The van der Waals surface area contributed by atoms with Gasteiger partial charge in [0.05, 0.1) is 0 Å². The molecule has 0 aliphatic rings. The number of aromatic hydroxyl groups is 1. The molecule has 2 nitrogen and oxygen atoms in total. The van der Waals surface area contributed by atoms with Gasteiger partial charge in [-0.15, -0.1) is 0 Å². The third-order valence-corrected chi connectivity index (χ3v) is 2.72. The molecular formula is C12H19NO.